The van der Waals surface area contributed by atoms with Crippen molar-refractivity contribution >= 4 is 28.8 Å². The molecule has 0 saturated carbocycles. The minimum atomic E-state index is -1.21. The van der Waals surface area contributed by atoms with E-state index in [2.05, 4.69) is 24.8 Å². The van der Waals surface area contributed by atoms with Gasteiger partial charge in [-0.25, -0.2) is 14.8 Å². The molecule has 6 bridgehead atoms. The number of rotatable bonds is 3. The van der Waals surface area contributed by atoms with Crippen LogP contribution in [-0.4, -0.2) is 67.7 Å². The van der Waals surface area contributed by atoms with Crippen molar-refractivity contribution < 1.29 is 24.1 Å². The number of benzene rings is 1. The Bertz CT molecular complexity index is 1700. The summed E-state index contributed by atoms with van der Waals surface area (Å²) in [7, 11) is 0. The fraction of sp³-hybridized carbons (Fsp3) is 0.543. The fourth-order valence-electron chi connectivity index (χ4n) is 6.34. The third kappa shape index (κ3) is 7.06. The van der Waals surface area contributed by atoms with Crippen LogP contribution in [0.5, 0.6) is 5.75 Å². The van der Waals surface area contributed by atoms with E-state index in [0.717, 1.165) is 53.3 Å². The topological polar surface area (TPSA) is 111 Å². The largest absolute Gasteiger partial charge is 0.490 e. The highest BCUT2D eigenvalue weighted by Crippen LogP contribution is 2.39. The molecule has 1 aromatic carbocycles. The van der Waals surface area contributed by atoms with Crippen molar-refractivity contribution in [3.63, 3.8) is 0 Å². The molecule has 11 heteroatoms. The average molecular weight is 648 g/mol. The Balaban J connectivity index is 1.46. The maximum atomic E-state index is 12.8. The molecule has 1 N–H and O–H groups in total. The molecule has 4 aromatic rings. The maximum absolute atomic E-state index is 12.8. The van der Waals surface area contributed by atoms with E-state index in [1.807, 2.05) is 58.2 Å². The lowest BCUT2D eigenvalue weighted by Gasteiger charge is -2.41. The second kappa shape index (κ2) is 12.9. The van der Waals surface area contributed by atoms with Crippen molar-refractivity contribution in [2.45, 2.75) is 103 Å². The third-order valence-electron chi connectivity index (χ3n) is 8.78. The summed E-state index contributed by atoms with van der Waals surface area (Å²) in [5.41, 5.74) is 2.63. The van der Waals surface area contributed by atoms with E-state index < -0.39 is 17.7 Å². The van der Waals surface area contributed by atoms with Gasteiger partial charge in [0.15, 0.2) is 11.8 Å². The number of carboxylic acid groups (broad SMARTS) is 1. The Morgan fingerprint density at radius 2 is 1.96 bits per heavy atom. The first-order valence-electron chi connectivity index (χ1n) is 16.3. The summed E-state index contributed by atoms with van der Waals surface area (Å²) in [6.45, 7) is 13.8. The average Bonchev–Trinajstić information content (AvgIpc) is 3.63. The molecule has 0 amide bonds. The summed E-state index contributed by atoms with van der Waals surface area (Å²) in [5, 5.41) is 16.2. The Labute approximate surface area is 274 Å². The maximum Gasteiger partial charge on any atom is 0.337 e. The number of ether oxygens (including phenoxy) is 3. The van der Waals surface area contributed by atoms with Crippen molar-refractivity contribution in [3.8, 4) is 16.5 Å². The summed E-state index contributed by atoms with van der Waals surface area (Å²) in [5.74, 6) is 0.550. The normalized spacial score (nSPS) is 21.9. The molecule has 3 aliphatic rings. The van der Waals surface area contributed by atoms with Gasteiger partial charge in [-0.15, -0.1) is 11.3 Å². The van der Waals surface area contributed by atoms with E-state index >= 15 is 0 Å². The molecule has 3 aromatic heterocycles. The SMILES string of the molecule is Cc1nc2cc3nn2c(c1[C@H](OC(C)(C)C)C(=O)O)N1CCC(C)(CC1)OCCCC[C@@H](C)Oc1ccccc1Cc1cnc-3s1. The van der Waals surface area contributed by atoms with E-state index in [4.69, 9.17) is 29.3 Å². The number of hydrogen-bond donors (Lipinski definition) is 1. The van der Waals surface area contributed by atoms with Crippen LogP contribution in [0.3, 0.4) is 0 Å². The fourth-order valence-corrected chi connectivity index (χ4v) is 7.23. The third-order valence-corrected chi connectivity index (χ3v) is 9.80. The lowest BCUT2D eigenvalue weighted by atomic mass is 9.92. The predicted molar refractivity (Wildman–Crippen MR) is 179 cm³/mol. The number of thiazole rings is 1. The molecule has 10 nitrogen and oxygen atoms in total. The number of para-hydroxylation sites is 1. The highest BCUT2D eigenvalue weighted by molar-refractivity contribution is 7.15. The van der Waals surface area contributed by atoms with E-state index in [0.29, 0.717) is 54.5 Å². The van der Waals surface area contributed by atoms with Crippen LogP contribution in [0.4, 0.5) is 5.82 Å². The molecule has 2 atom stereocenters. The Kier molecular flexibility index (Phi) is 9.11. The van der Waals surface area contributed by atoms with Crippen molar-refractivity contribution in [2.24, 2.45) is 0 Å². The zero-order valence-corrected chi connectivity index (χ0v) is 28.5. The summed E-state index contributed by atoms with van der Waals surface area (Å²) >= 11 is 1.60. The van der Waals surface area contributed by atoms with Gasteiger partial charge in [-0.3, -0.25) is 0 Å². The standard InChI is InChI=1S/C35H45N5O5S/c1-22-11-9-10-18-43-35(6)14-16-39(17-15-35)32-29(30(33(41)42)45-34(3,4)5)23(2)37-28-20-26(38-40(28)32)31-36-21-25(46-31)19-24-12-7-8-13-27(24)44-22/h7-8,12-13,20-22,30H,9-11,14-19H2,1-6H3,(H,41,42)/t22-,30+/m1/s1. The second-order valence-corrected chi connectivity index (χ2v) is 14.9. The number of piperidine rings is 1. The van der Waals surface area contributed by atoms with Crippen LogP contribution < -0.4 is 9.64 Å². The number of aliphatic carboxylic acids is 1. The van der Waals surface area contributed by atoms with Gasteiger partial charge in [0, 0.05) is 49.0 Å². The second-order valence-electron chi connectivity index (χ2n) is 13.8. The number of carbonyl (C=O) groups is 1. The summed E-state index contributed by atoms with van der Waals surface area (Å²) < 4.78 is 20.9. The van der Waals surface area contributed by atoms with Gasteiger partial charge in [-0.1, -0.05) is 18.2 Å². The minimum absolute atomic E-state index is 0.0966. The van der Waals surface area contributed by atoms with Crippen LogP contribution in [0.15, 0.2) is 36.5 Å². The molecular formula is C35H45N5O5S. The van der Waals surface area contributed by atoms with Crippen LogP contribution in [0.25, 0.3) is 16.3 Å². The van der Waals surface area contributed by atoms with Gasteiger partial charge in [0.1, 0.15) is 22.3 Å². The molecule has 246 valence electrons. The molecule has 0 spiro atoms. The van der Waals surface area contributed by atoms with Crippen LogP contribution in [0.1, 0.15) is 94.5 Å². The van der Waals surface area contributed by atoms with Crippen molar-refractivity contribution in [2.75, 3.05) is 24.6 Å². The van der Waals surface area contributed by atoms with Crippen molar-refractivity contribution in [1.82, 2.24) is 19.6 Å². The summed E-state index contributed by atoms with van der Waals surface area (Å²) in [4.78, 5) is 25.7. The van der Waals surface area contributed by atoms with Gasteiger partial charge in [-0.2, -0.15) is 9.61 Å². The Hall–Kier alpha value is -3.54. The summed E-state index contributed by atoms with van der Waals surface area (Å²) in [6.07, 6.45) is 6.03. The number of aromatic nitrogens is 4. The zero-order chi connectivity index (χ0) is 32.6. The lowest BCUT2D eigenvalue weighted by molar-refractivity contribution is -0.160. The summed E-state index contributed by atoms with van der Waals surface area (Å²) in [6, 6.07) is 10.1. The van der Waals surface area contributed by atoms with E-state index in [1.165, 1.54) is 0 Å². The van der Waals surface area contributed by atoms with Crippen LogP contribution in [0, 0.1) is 6.92 Å². The van der Waals surface area contributed by atoms with Gasteiger partial charge < -0.3 is 24.2 Å². The number of hydrogen-bond acceptors (Lipinski definition) is 9. The molecule has 1 fully saturated rings. The smallest absolute Gasteiger partial charge is 0.337 e. The Morgan fingerprint density at radius 3 is 2.70 bits per heavy atom. The van der Waals surface area contributed by atoms with Crippen LogP contribution >= 0.6 is 11.3 Å². The lowest BCUT2D eigenvalue weighted by Crippen LogP contribution is -2.46. The molecule has 3 aliphatic heterocycles. The molecule has 1 saturated heterocycles. The first kappa shape index (κ1) is 32.4. The molecule has 0 radical (unpaired) electrons. The number of nitrogens with zero attached hydrogens (tertiary/aromatic N) is 5. The van der Waals surface area contributed by atoms with Crippen LogP contribution in [0.2, 0.25) is 0 Å². The van der Waals surface area contributed by atoms with Crippen molar-refractivity contribution in [1.29, 1.82) is 0 Å². The first-order valence-corrected chi connectivity index (χ1v) is 17.1. The van der Waals surface area contributed by atoms with Gasteiger partial charge in [0.25, 0.3) is 0 Å². The predicted octanol–water partition coefficient (Wildman–Crippen LogP) is 7.02. The van der Waals surface area contributed by atoms with E-state index in [1.54, 1.807) is 15.9 Å². The van der Waals surface area contributed by atoms with Gasteiger partial charge in [-0.05, 0) is 85.3 Å². The zero-order valence-electron chi connectivity index (χ0n) is 27.7. The van der Waals surface area contributed by atoms with E-state index in [9.17, 15) is 9.90 Å². The molecular weight excluding hydrogens is 602 g/mol. The quantitative estimate of drug-likeness (QED) is 0.251. The van der Waals surface area contributed by atoms with Crippen LogP contribution in [-0.2, 0) is 20.7 Å². The minimum Gasteiger partial charge on any atom is -0.490 e. The van der Waals surface area contributed by atoms with Gasteiger partial charge in [0.05, 0.1) is 22.9 Å². The number of carboxylic acids is 1. The number of fused-ring (bicyclic) bond motifs is 8. The number of anilines is 1. The highest BCUT2D eigenvalue weighted by atomic mass is 32.1. The molecule has 0 aliphatic carbocycles. The van der Waals surface area contributed by atoms with Gasteiger partial charge in [0.2, 0.25) is 0 Å². The molecule has 46 heavy (non-hydrogen) atoms. The molecule has 0 unspecified atom stereocenters. The van der Waals surface area contributed by atoms with Crippen molar-refractivity contribution in [3.05, 3.63) is 58.2 Å². The monoisotopic (exact) mass is 647 g/mol. The Morgan fingerprint density at radius 1 is 1.20 bits per heavy atom. The number of aryl methyl sites for hydroxylation is 1. The van der Waals surface area contributed by atoms with Gasteiger partial charge >= 0.3 is 5.97 Å². The van der Waals surface area contributed by atoms with E-state index in [-0.39, 0.29) is 11.7 Å². The molecule has 6 heterocycles. The first-order chi connectivity index (χ1) is 21.9. The molecule has 7 rings (SSSR count). The highest BCUT2D eigenvalue weighted by Gasteiger charge is 2.38.